The number of aryl methyl sites for hydroxylation is 1. The molecule has 0 spiro atoms. The van der Waals surface area contributed by atoms with E-state index in [2.05, 4.69) is 36.3 Å². The van der Waals surface area contributed by atoms with E-state index in [1.807, 2.05) is 25.1 Å². The van der Waals surface area contributed by atoms with Crippen molar-refractivity contribution in [3.8, 4) is 11.5 Å². The minimum Gasteiger partial charge on any atom is -0.493 e. The van der Waals surface area contributed by atoms with Gasteiger partial charge in [-0.25, -0.2) is 9.78 Å². The quantitative estimate of drug-likeness (QED) is 0.293. The van der Waals surface area contributed by atoms with Crippen molar-refractivity contribution in [2.45, 2.75) is 65.5 Å². The molecule has 1 amide bonds. The van der Waals surface area contributed by atoms with Crippen LogP contribution in [0.15, 0.2) is 42.6 Å². The van der Waals surface area contributed by atoms with Gasteiger partial charge in [0.2, 0.25) is 6.79 Å². The predicted octanol–water partition coefficient (Wildman–Crippen LogP) is 4.35. The second-order valence-electron chi connectivity index (χ2n) is 10.7. The number of methoxy groups -OCH3 is 1. The lowest BCUT2D eigenvalue weighted by molar-refractivity contribution is -0.154. The van der Waals surface area contributed by atoms with Crippen LogP contribution in [0, 0.1) is 17.8 Å². The number of amides is 1. The first-order valence-electron chi connectivity index (χ1n) is 14.1. The van der Waals surface area contributed by atoms with Crippen molar-refractivity contribution in [3.05, 3.63) is 53.9 Å². The SMILES string of the molecule is COc1ccnc(C(=O)N[C@H]2COC[C@H](CCC(C)C)[C@@H](CCc3ccccc3)[C@H](C)OC2=O)c1OCOC(C)=O. The van der Waals surface area contributed by atoms with Gasteiger partial charge in [-0.1, -0.05) is 50.6 Å². The second-order valence-corrected chi connectivity index (χ2v) is 10.7. The fraction of sp³-hybridized carbons (Fsp3) is 0.548. The summed E-state index contributed by atoms with van der Waals surface area (Å²) < 4.78 is 27.6. The van der Waals surface area contributed by atoms with Crippen molar-refractivity contribution in [1.29, 1.82) is 0 Å². The molecule has 1 aromatic carbocycles. The van der Waals surface area contributed by atoms with Crippen LogP contribution in [-0.4, -0.2) is 62.1 Å². The summed E-state index contributed by atoms with van der Waals surface area (Å²) in [7, 11) is 1.41. The van der Waals surface area contributed by atoms with Crippen molar-refractivity contribution in [2.24, 2.45) is 17.8 Å². The Morgan fingerprint density at radius 3 is 2.56 bits per heavy atom. The number of esters is 2. The molecule has 1 fully saturated rings. The average Bonchev–Trinajstić information content (AvgIpc) is 2.99. The molecule has 1 N–H and O–H groups in total. The number of nitrogens with zero attached hydrogens (tertiary/aromatic N) is 1. The lowest BCUT2D eigenvalue weighted by atomic mass is 9.80. The predicted molar refractivity (Wildman–Crippen MR) is 151 cm³/mol. The maximum atomic E-state index is 13.3. The van der Waals surface area contributed by atoms with Gasteiger partial charge in [0.15, 0.2) is 23.2 Å². The summed E-state index contributed by atoms with van der Waals surface area (Å²) in [6.07, 6.45) is 4.70. The van der Waals surface area contributed by atoms with Gasteiger partial charge in [0.25, 0.3) is 5.91 Å². The summed E-state index contributed by atoms with van der Waals surface area (Å²) in [5.41, 5.74) is 1.10. The van der Waals surface area contributed by atoms with Crippen molar-refractivity contribution in [1.82, 2.24) is 10.3 Å². The van der Waals surface area contributed by atoms with E-state index < -0.39 is 30.7 Å². The molecule has 3 rings (SSSR count). The Balaban J connectivity index is 1.76. The van der Waals surface area contributed by atoms with E-state index in [0.717, 1.165) is 25.7 Å². The number of carbonyl (C=O) groups is 3. The van der Waals surface area contributed by atoms with E-state index >= 15 is 0 Å². The lowest BCUT2D eigenvalue weighted by Crippen LogP contribution is -2.46. The maximum Gasteiger partial charge on any atom is 0.331 e. The maximum absolute atomic E-state index is 13.3. The number of cyclic esters (lactones) is 1. The number of aromatic nitrogens is 1. The van der Waals surface area contributed by atoms with Gasteiger partial charge in [0.05, 0.1) is 13.7 Å². The first-order valence-corrected chi connectivity index (χ1v) is 14.1. The Hall–Kier alpha value is -3.66. The third kappa shape index (κ3) is 9.74. The smallest absolute Gasteiger partial charge is 0.331 e. The standard InChI is InChI=1S/C31H42N2O8/c1-20(2)11-13-24-17-38-18-26(31(36)41-21(3)25(24)14-12-23-9-7-6-8-10-23)33-30(35)28-29(40-19-39-22(4)34)27(37-5)15-16-32-28/h6-10,15-16,20-21,24-26H,11-14,17-19H2,1-5H3,(H,33,35)/t21-,24-,25-,26-/m0/s1. The molecule has 2 heterocycles. The van der Waals surface area contributed by atoms with Crippen LogP contribution >= 0.6 is 0 Å². The van der Waals surface area contributed by atoms with Gasteiger partial charge in [-0.2, -0.15) is 0 Å². The molecule has 1 aliphatic rings. The number of rotatable bonds is 12. The molecule has 224 valence electrons. The van der Waals surface area contributed by atoms with Gasteiger partial charge in [0, 0.05) is 31.7 Å². The molecule has 1 aromatic heterocycles. The molecule has 41 heavy (non-hydrogen) atoms. The summed E-state index contributed by atoms with van der Waals surface area (Å²) in [4.78, 5) is 41.9. The minimum absolute atomic E-state index is 0.0193. The summed E-state index contributed by atoms with van der Waals surface area (Å²) in [6.45, 7) is 7.52. The van der Waals surface area contributed by atoms with Crippen LogP contribution in [0.2, 0.25) is 0 Å². The van der Waals surface area contributed by atoms with E-state index in [1.165, 1.54) is 31.9 Å². The third-order valence-electron chi connectivity index (χ3n) is 7.21. The largest absolute Gasteiger partial charge is 0.493 e. The molecule has 1 saturated heterocycles. The first kappa shape index (κ1) is 31.9. The molecule has 0 aliphatic carbocycles. The average molecular weight is 571 g/mol. The van der Waals surface area contributed by atoms with Crippen molar-refractivity contribution < 1.29 is 38.1 Å². The van der Waals surface area contributed by atoms with Crippen LogP contribution < -0.4 is 14.8 Å². The van der Waals surface area contributed by atoms with Crippen LogP contribution in [0.25, 0.3) is 0 Å². The van der Waals surface area contributed by atoms with Gasteiger partial charge < -0.3 is 29.0 Å². The summed E-state index contributed by atoms with van der Waals surface area (Å²) in [5.74, 6) is -0.792. The highest BCUT2D eigenvalue weighted by Crippen LogP contribution is 2.32. The first-order chi connectivity index (χ1) is 19.7. The van der Waals surface area contributed by atoms with Crippen molar-refractivity contribution in [3.63, 3.8) is 0 Å². The number of hydrogen-bond donors (Lipinski definition) is 1. The van der Waals surface area contributed by atoms with Gasteiger partial charge in [-0.3, -0.25) is 9.59 Å². The second kappa shape index (κ2) is 16.0. The molecule has 4 atom stereocenters. The zero-order valence-corrected chi connectivity index (χ0v) is 24.6. The highest BCUT2D eigenvalue weighted by molar-refractivity contribution is 5.98. The lowest BCUT2D eigenvalue weighted by Gasteiger charge is -2.31. The van der Waals surface area contributed by atoms with E-state index in [1.54, 1.807) is 0 Å². The Kier molecular flexibility index (Phi) is 12.4. The number of nitrogens with one attached hydrogen (secondary N) is 1. The van der Waals surface area contributed by atoms with Crippen LogP contribution in [0.4, 0.5) is 0 Å². The summed E-state index contributed by atoms with van der Waals surface area (Å²) in [6, 6.07) is 10.7. The van der Waals surface area contributed by atoms with Crippen LogP contribution in [0.5, 0.6) is 11.5 Å². The van der Waals surface area contributed by atoms with Gasteiger partial charge >= 0.3 is 11.9 Å². The van der Waals surface area contributed by atoms with E-state index in [-0.39, 0.29) is 41.7 Å². The highest BCUT2D eigenvalue weighted by Gasteiger charge is 2.35. The molecule has 0 saturated carbocycles. The molecule has 0 bridgehead atoms. The highest BCUT2D eigenvalue weighted by atomic mass is 16.7. The normalized spacial score (nSPS) is 21.2. The summed E-state index contributed by atoms with van der Waals surface area (Å²) in [5, 5.41) is 2.69. The number of benzene rings is 1. The Labute approximate surface area is 242 Å². The fourth-order valence-corrected chi connectivity index (χ4v) is 4.95. The molecule has 0 radical (unpaired) electrons. The molecule has 10 nitrogen and oxygen atoms in total. The fourth-order valence-electron chi connectivity index (χ4n) is 4.95. The van der Waals surface area contributed by atoms with Gasteiger partial charge in [0.1, 0.15) is 6.10 Å². The van der Waals surface area contributed by atoms with Crippen LogP contribution in [-0.2, 0) is 30.2 Å². The molecule has 1 aliphatic heterocycles. The number of ether oxygens (including phenoxy) is 5. The molecule has 2 aromatic rings. The van der Waals surface area contributed by atoms with Gasteiger partial charge in [-0.05, 0) is 43.6 Å². The monoisotopic (exact) mass is 570 g/mol. The van der Waals surface area contributed by atoms with Crippen LogP contribution in [0.3, 0.4) is 0 Å². The number of hydrogen-bond acceptors (Lipinski definition) is 9. The molecule has 0 unspecified atom stereocenters. The van der Waals surface area contributed by atoms with E-state index in [9.17, 15) is 14.4 Å². The molecule has 10 heteroatoms. The zero-order chi connectivity index (χ0) is 29.8. The van der Waals surface area contributed by atoms with Gasteiger partial charge in [-0.15, -0.1) is 0 Å². The molecular weight excluding hydrogens is 528 g/mol. The van der Waals surface area contributed by atoms with Crippen molar-refractivity contribution in [2.75, 3.05) is 27.1 Å². The Bertz CT molecular complexity index is 1140. The van der Waals surface area contributed by atoms with Crippen molar-refractivity contribution >= 4 is 17.8 Å². The Morgan fingerprint density at radius 2 is 1.88 bits per heavy atom. The topological polar surface area (TPSA) is 122 Å². The number of pyridine rings is 1. The molecular formula is C31H42N2O8. The van der Waals surface area contributed by atoms with E-state index in [0.29, 0.717) is 12.5 Å². The van der Waals surface area contributed by atoms with Crippen LogP contribution in [0.1, 0.15) is 63.0 Å². The van der Waals surface area contributed by atoms with E-state index in [4.69, 9.17) is 23.7 Å². The minimum atomic E-state index is -1.06. The third-order valence-corrected chi connectivity index (χ3v) is 7.21. The number of carbonyl (C=O) groups excluding carboxylic acids is 3. The zero-order valence-electron chi connectivity index (χ0n) is 24.6. The summed E-state index contributed by atoms with van der Waals surface area (Å²) >= 11 is 0. The Morgan fingerprint density at radius 1 is 1.12 bits per heavy atom.